The lowest BCUT2D eigenvalue weighted by atomic mass is 9.83. The molecular weight excluding hydrogens is 581 g/mol. The van der Waals surface area contributed by atoms with Crippen LogP contribution in [-0.2, 0) is 0 Å². The van der Waals surface area contributed by atoms with Crippen LogP contribution < -0.4 is 10.4 Å². The van der Waals surface area contributed by atoms with Crippen LogP contribution in [0.25, 0.3) is 76.5 Å². The molecule has 0 spiro atoms. The van der Waals surface area contributed by atoms with E-state index in [4.69, 9.17) is 0 Å². The zero-order valence-corrected chi connectivity index (χ0v) is 27.4. The van der Waals surface area contributed by atoms with Crippen LogP contribution >= 0.6 is 0 Å². The number of fused-ring (bicyclic) bond motifs is 5. The minimum Gasteiger partial charge on any atom is -0.0633 e. The highest BCUT2D eigenvalue weighted by Gasteiger charge is 2.20. The van der Waals surface area contributed by atoms with Crippen molar-refractivity contribution in [2.24, 2.45) is 0 Å². The van der Waals surface area contributed by atoms with E-state index in [0.717, 1.165) is 0 Å². The lowest BCUT2D eigenvalue weighted by molar-refractivity contribution is 1.61. The quantitative estimate of drug-likeness (QED) is 0.103. The molecule has 0 heterocycles. The topological polar surface area (TPSA) is 0 Å². The molecule has 0 saturated carbocycles. The van der Waals surface area contributed by atoms with Crippen LogP contribution in [0, 0.1) is 0 Å². The molecule has 0 atom stereocenters. The van der Waals surface area contributed by atoms with Crippen LogP contribution in [0.1, 0.15) is 0 Å². The van der Waals surface area contributed by atoms with Crippen LogP contribution in [0.5, 0.6) is 0 Å². The van der Waals surface area contributed by atoms with Crippen molar-refractivity contribution in [1.82, 2.24) is 0 Å². The van der Waals surface area contributed by atoms with Crippen molar-refractivity contribution in [3.05, 3.63) is 182 Å². The van der Waals surface area contributed by atoms with E-state index in [-0.39, 0.29) is 0 Å². The summed E-state index contributed by atoms with van der Waals surface area (Å²) < 4.78 is 0. The van der Waals surface area contributed by atoms with Gasteiger partial charge in [-0.05, 0) is 88.6 Å². The van der Waals surface area contributed by atoms with E-state index in [1.165, 1.54) is 86.8 Å². The van der Waals surface area contributed by atoms with Crippen LogP contribution in [0.4, 0.5) is 0 Å². The molecule has 0 saturated heterocycles. The second-order valence-electron chi connectivity index (χ2n) is 12.5. The van der Waals surface area contributed by atoms with Gasteiger partial charge in [0, 0.05) is 0 Å². The zero-order chi connectivity index (χ0) is 31.2. The van der Waals surface area contributed by atoms with Crippen molar-refractivity contribution in [3.63, 3.8) is 0 Å². The Kier molecular flexibility index (Phi) is 6.77. The smallest absolute Gasteiger partial charge is 0.0633 e. The lowest BCUT2D eigenvalue weighted by Crippen LogP contribution is -2.26. The summed E-state index contributed by atoms with van der Waals surface area (Å²) in [5.74, 6) is 0. The van der Waals surface area contributed by atoms with E-state index >= 15 is 0 Å². The Balaban J connectivity index is 1.40. The fraction of sp³-hybridized carbons (Fsp3) is 0. The van der Waals surface area contributed by atoms with Crippen molar-refractivity contribution in [2.45, 2.75) is 0 Å². The molecule has 220 valence electrons. The van der Waals surface area contributed by atoms with Gasteiger partial charge in [0.05, 0.1) is 9.52 Å². The molecule has 0 aliphatic heterocycles. The van der Waals surface area contributed by atoms with E-state index in [9.17, 15) is 0 Å². The van der Waals surface area contributed by atoms with E-state index in [1.54, 1.807) is 0 Å². The third-order valence-electron chi connectivity index (χ3n) is 9.64. The molecule has 0 aliphatic rings. The summed E-state index contributed by atoms with van der Waals surface area (Å²) in [6.45, 7) is 0. The van der Waals surface area contributed by atoms with E-state index in [1.807, 2.05) is 0 Å². The summed E-state index contributed by atoms with van der Waals surface area (Å²) in [6, 6.07) is 67.4. The molecule has 9 aromatic rings. The van der Waals surface area contributed by atoms with Gasteiger partial charge in [-0.3, -0.25) is 0 Å². The molecule has 0 aliphatic carbocycles. The van der Waals surface area contributed by atoms with Gasteiger partial charge in [0.2, 0.25) is 0 Å². The summed E-state index contributed by atoms with van der Waals surface area (Å²) in [4.78, 5) is 0. The number of rotatable bonds is 5. The Bertz CT molecular complexity index is 2580. The largest absolute Gasteiger partial charge is 0.0875 e. The van der Waals surface area contributed by atoms with Gasteiger partial charge in [0.1, 0.15) is 0 Å². The van der Waals surface area contributed by atoms with Gasteiger partial charge in [-0.15, -0.1) is 0 Å². The predicted octanol–water partition coefficient (Wildman–Crippen LogP) is 10.4. The maximum absolute atomic E-state index is 2.51. The maximum Gasteiger partial charge on any atom is 0.0875 e. The molecule has 0 amide bonds. The van der Waals surface area contributed by atoms with E-state index < -0.39 is 9.52 Å². The minimum absolute atomic E-state index is 0.656. The summed E-state index contributed by atoms with van der Waals surface area (Å²) >= 11 is 0. The van der Waals surface area contributed by atoms with Gasteiger partial charge >= 0.3 is 0 Å². The summed E-state index contributed by atoms with van der Waals surface area (Å²) in [5, 5.41) is 13.3. The van der Waals surface area contributed by atoms with Crippen molar-refractivity contribution in [1.29, 1.82) is 0 Å². The SMILES string of the molecule is c1ccc([SiH2]c2ccc3c(-c4cc5ccccc5c5ccccc45)c4ccccc4c(-c4cccc(-c5ccccc5)c4)c3c2)cc1. The van der Waals surface area contributed by atoms with Crippen molar-refractivity contribution >= 4 is 63.0 Å². The fourth-order valence-electron chi connectivity index (χ4n) is 7.51. The Labute approximate surface area is 277 Å². The molecule has 9 aromatic carbocycles. The molecule has 0 aromatic heterocycles. The Hall–Kier alpha value is -5.76. The standard InChI is InChI=1S/C46H32Si/c1-3-14-31(15-4-1)32-17-13-18-34(28-32)45-40-24-11-12-25-41(40)46(42-27-26-36(30-44(42)45)47-35-19-5-2-6-20-35)43-29-33-16-7-8-21-37(33)38-22-9-10-23-39(38)43/h1-30H,47H2. The van der Waals surface area contributed by atoms with Gasteiger partial charge in [0.25, 0.3) is 0 Å². The predicted molar refractivity (Wildman–Crippen MR) is 207 cm³/mol. The molecule has 0 bridgehead atoms. The molecule has 0 nitrogen and oxygen atoms in total. The molecule has 0 radical (unpaired) electrons. The highest BCUT2D eigenvalue weighted by atomic mass is 28.2. The van der Waals surface area contributed by atoms with Gasteiger partial charge in [-0.1, -0.05) is 180 Å². The fourth-order valence-corrected chi connectivity index (χ4v) is 9.04. The molecule has 47 heavy (non-hydrogen) atoms. The summed E-state index contributed by atoms with van der Waals surface area (Å²) in [7, 11) is -0.656. The van der Waals surface area contributed by atoms with Crippen LogP contribution in [-0.4, -0.2) is 9.52 Å². The Morgan fingerprint density at radius 1 is 0.277 bits per heavy atom. The normalized spacial score (nSPS) is 11.7. The summed E-state index contributed by atoms with van der Waals surface area (Å²) in [6.07, 6.45) is 0. The first-order valence-electron chi connectivity index (χ1n) is 16.4. The first-order valence-corrected chi connectivity index (χ1v) is 17.8. The van der Waals surface area contributed by atoms with Crippen molar-refractivity contribution < 1.29 is 0 Å². The van der Waals surface area contributed by atoms with Gasteiger partial charge in [-0.25, -0.2) is 0 Å². The molecule has 0 unspecified atom stereocenters. The first kappa shape index (κ1) is 27.5. The van der Waals surface area contributed by atoms with E-state index in [2.05, 4.69) is 182 Å². The molecule has 0 fully saturated rings. The number of hydrogen-bond acceptors (Lipinski definition) is 0. The van der Waals surface area contributed by atoms with Crippen LogP contribution in [0.2, 0.25) is 0 Å². The van der Waals surface area contributed by atoms with Crippen molar-refractivity contribution in [3.8, 4) is 33.4 Å². The molecule has 0 N–H and O–H groups in total. The highest BCUT2D eigenvalue weighted by molar-refractivity contribution is 6.67. The molecule has 1 heteroatoms. The maximum atomic E-state index is 2.51. The second kappa shape index (κ2) is 11.5. The second-order valence-corrected chi connectivity index (χ2v) is 14.5. The highest BCUT2D eigenvalue weighted by Crippen LogP contribution is 2.46. The van der Waals surface area contributed by atoms with Gasteiger partial charge in [0.15, 0.2) is 0 Å². The monoisotopic (exact) mass is 612 g/mol. The zero-order valence-electron chi connectivity index (χ0n) is 26.0. The third-order valence-corrected chi connectivity index (χ3v) is 11.4. The Morgan fingerprint density at radius 3 is 1.64 bits per heavy atom. The Morgan fingerprint density at radius 2 is 0.851 bits per heavy atom. The van der Waals surface area contributed by atoms with Crippen LogP contribution in [0.15, 0.2) is 182 Å². The number of benzene rings is 9. The average molecular weight is 613 g/mol. The van der Waals surface area contributed by atoms with Gasteiger partial charge < -0.3 is 0 Å². The molecular formula is C46H32Si. The lowest BCUT2D eigenvalue weighted by Gasteiger charge is -2.20. The average Bonchev–Trinajstić information content (AvgIpc) is 3.14. The summed E-state index contributed by atoms with van der Waals surface area (Å²) in [5.41, 5.74) is 7.64. The first-order chi connectivity index (χ1) is 23.3. The third kappa shape index (κ3) is 4.84. The molecule has 9 rings (SSSR count). The van der Waals surface area contributed by atoms with Crippen molar-refractivity contribution in [2.75, 3.05) is 0 Å². The van der Waals surface area contributed by atoms with E-state index in [0.29, 0.717) is 0 Å². The minimum atomic E-state index is -0.656. The van der Waals surface area contributed by atoms with Crippen LogP contribution in [0.3, 0.4) is 0 Å². The van der Waals surface area contributed by atoms with Gasteiger partial charge in [-0.2, -0.15) is 0 Å². The number of hydrogen-bond donors (Lipinski definition) is 0.